The van der Waals surface area contributed by atoms with Crippen LogP contribution in [0, 0.1) is 23.2 Å². The van der Waals surface area contributed by atoms with Crippen molar-refractivity contribution in [3.05, 3.63) is 29.3 Å². The predicted octanol–water partition coefficient (Wildman–Crippen LogP) is 3.90. The average molecular weight is 370 g/mol. The molecule has 4 fully saturated rings. The molecule has 4 bridgehead atoms. The summed E-state index contributed by atoms with van der Waals surface area (Å²) in [5, 5.41) is 4.19. The molecule has 4 saturated carbocycles. The molecule has 0 saturated heterocycles. The molecule has 1 N–H and O–H groups in total. The van der Waals surface area contributed by atoms with Gasteiger partial charge in [0.05, 0.1) is 19.9 Å². The zero-order chi connectivity index (χ0) is 18.9. The Hall–Kier alpha value is -1.88. The van der Waals surface area contributed by atoms with E-state index in [2.05, 4.69) is 10.5 Å². The number of hydrogen-bond donors (Lipinski definition) is 1. The number of ether oxygens (including phenoxy) is 2. The highest BCUT2D eigenvalue weighted by Gasteiger charge is 2.51. The summed E-state index contributed by atoms with van der Waals surface area (Å²) in [4.78, 5) is 12.5. The molecule has 0 aromatic heterocycles. The summed E-state index contributed by atoms with van der Waals surface area (Å²) in [6, 6.07) is 5.79. The fourth-order valence-corrected chi connectivity index (χ4v) is 6.21. The van der Waals surface area contributed by atoms with E-state index in [0.29, 0.717) is 13.0 Å². The van der Waals surface area contributed by atoms with Crippen LogP contribution in [-0.4, -0.2) is 26.3 Å². The minimum atomic E-state index is 0.0545. The second kappa shape index (κ2) is 7.63. The fourth-order valence-electron chi connectivity index (χ4n) is 6.21. The van der Waals surface area contributed by atoms with Crippen molar-refractivity contribution in [1.82, 2.24) is 5.43 Å². The van der Waals surface area contributed by atoms with E-state index in [1.54, 1.807) is 20.4 Å². The summed E-state index contributed by atoms with van der Waals surface area (Å²) in [5.41, 5.74) is 4.88. The molecule has 1 amide bonds. The normalized spacial score (nSPS) is 31.4. The lowest BCUT2D eigenvalue weighted by molar-refractivity contribution is -0.129. The summed E-state index contributed by atoms with van der Waals surface area (Å²) < 4.78 is 10.5. The van der Waals surface area contributed by atoms with Crippen LogP contribution in [0.5, 0.6) is 5.75 Å². The van der Waals surface area contributed by atoms with Crippen molar-refractivity contribution < 1.29 is 14.3 Å². The van der Waals surface area contributed by atoms with Gasteiger partial charge in [-0.15, -0.1) is 0 Å². The van der Waals surface area contributed by atoms with Crippen molar-refractivity contribution in [3.8, 4) is 5.75 Å². The quantitative estimate of drug-likeness (QED) is 0.585. The second-order valence-electron chi connectivity index (χ2n) is 8.89. The van der Waals surface area contributed by atoms with Crippen molar-refractivity contribution in [1.29, 1.82) is 0 Å². The molecule has 1 aromatic rings. The SMILES string of the molecule is COCc1cc(/C=N\NC(=O)CC23CC4CC(CC(C4)C2)C3)ccc1OC. The number of carbonyl (C=O) groups is 1. The van der Waals surface area contributed by atoms with Crippen LogP contribution < -0.4 is 10.2 Å². The standard InChI is InChI=1S/C22H30N2O3/c1-26-14-19-8-15(3-4-20(19)27-2)13-23-24-21(25)12-22-9-16-5-17(10-22)7-18(6-16)11-22/h3-4,8,13,16-18H,5-7,9-12,14H2,1-2H3,(H,24,25)/b23-13-. The lowest BCUT2D eigenvalue weighted by Gasteiger charge is -2.56. The Balaban J connectivity index is 1.35. The molecule has 0 heterocycles. The van der Waals surface area contributed by atoms with Crippen LogP contribution in [0.25, 0.3) is 0 Å². The molecule has 0 atom stereocenters. The Morgan fingerprint density at radius 1 is 1.19 bits per heavy atom. The lowest BCUT2D eigenvalue weighted by Crippen LogP contribution is -2.47. The number of amides is 1. The van der Waals surface area contributed by atoms with Crippen LogP contribution in [-0.2, 0) is 16.1 Å². The molecule has 0 radical (unpaired) electrons. The number of benzene rings is 1. The summed E-state index contributed by atoms with van der Waals surface area (Å²) in [6.45, 7) is 0.475. The molecule has 146 valence electrons. The maximum atomic E-state index is 12.5. The van der Waals surface area contributed by atoms with Crippen molar-refractivity contribution >= 4 is 12.1 Å². The van der Waals surface area contributed by atoms with Crippen LogP contribution in [0.2, 0.25) is 0 Å². The molecule has 1 aromatic carbocycles. The van der Waals surface area contributed by atoms with Crippen LogP contribution in [0.1, 0.15) is 56.1 Å². The van der Waals surface area contributed by atoms with Gasteiger partial charge in [-0.1, -0.05) is 0 Å². The highest BCUT2D eigenvalue weighted by Crippen LogP contribution is 2.61. The molecule has 0 aliphatic heterocycles. The molecule has 5 nitrogen and oxygen atoms in total. The van der Waals surface area contributed by atoms with E-state index < -0.39 is 0 Å². The van der Waals surface area contributed by atoms with Gasteiger partial charge in [0, 0.05) is 19.1 Å². The largest absolute Gasteiger partial charge is 0.496 e. The van der Waals surface area contributed by atoms with Crippen molar-refractivity contribution in [2.45, 2.75) is 51.6 Å². The number of nitrogens with zero attached hydrogens (tertiary/aromatic N) is 1. The second-order valence-corrected chi connectivity index (χ2v) is 8.89. The zero-order valence-corrected chi connectivity index (χ0v) is 16.4. The zero-order valence-electron chi connectivity index (χ0n) is 16.4. The van der Waals surface area contributed by atoms with Crippen molar-refractivity contribution in [2.75, 3.05) is 14.2 Å². The van der Waals surface area contributed by atoms with Crippen LogP contribution >= 0.6 is 0 Å². The molecule has 5 rings (SSSR count). The van der Waals surface area contributed by atoms with E-state index in [0.717, 1.165) is 34.6 Å². The molecule has 27 heavy (non-hydrogen) atoms. The number of hydrogen-bond acceptors (Lipinski definition) is 4. The molecular formula is C22H30N2O3. The maximum absolute atomic E-state index is 12.5. The number of methoxy groups -OCH3 is 2. The Bertz CT molecular complexity index is 693. The van der Waals surface area contributed by atoms with E-state index in [1.807, 2.05) is 18.2 Å². The van der Waals surface area contributed by atoms with Gasteiger partial charge in [-0.05, 0) is 85.5 Å². The van der Waals surface area contributed by atoms with Gasteiger partial charge in [-0.25, -0.2) is 5.43 Å². The molecule has 4 aliphatic carbocycles. The van der Waals surface area contributed by atoms with Gasteiger partial charge >= 0.3 is 0 Å². The van der Waals surface area contributed by atoms with E-state index in [9.17, 15) is 4.79 Å². The van der Waals surface area contributed by atoms with Gasteiger partial charge < -0.3 is 9.47 Å². The van der Waals surface area contributed by atoms with Crippen LogP contribution in [0.3, 0.4) is 0 Å². The number of hydrazone groups is 1. The third-order valence-electron chi connectivity index (χ3n) is 6.71. The van der Waals surface area contributed by atoms with Crippen LogP contribution in [0.15, 0.2) is 23.3 Å². The summed E-state index contributed by atoms with van der Waals surface area (Å²) in [7, 11) is 3.30. The van der Waals surface area contributed by atoms with Gasteiger partial charge in [0.1, 0.15) is 5.75 Å². The third-order valence-corrected chi connectivity index (χ3v) is 6.71. The topological polar surface area (TPSA) is 59.9 Å². The Morgan fingerprint density at radius 2 is 1.85 bits per heavy atom. The van der Waals surface area contributed by atoms with Gasteiger partial charge in [-0.3, -0.25) is 4.79 Å². The first-order chi connectivity index (χ1) is 13.1. The van der Waals surface area contributed by atoms with E-state index in [4.69, 9.17) is 9.47 Å². The predicted molar refractivity (Wildman–Crippen MR) is 105 cm³/mol. The van der Waals surface area contributed by atoms with E-state index >= 15 is 0 Å². The van der Waals surface area contributed by atoms with Gasteiger partial charge in [0.25, 0.3) is 0 Å². The summed E-state index contributed by atoms with van der Waals surface area (Å²) >= 11 is 0. The van der Waals surface area contributed by atoms with E-state index in [1.165, 1.54) is 38.5 Å². The maximum Gasteiger partial charge on any atom is 0.240 e. The van der Waals surface area contributed by atoms with E-state index in [-0.39, 0.29) is 11.3 Å². The Labute approximate surface area is 161 Å². The minimum Gasteiger partial charge on any atom is -0.496 e. The first kappa shape index (κ1) is 18.5. The minimum absolute atomic E-state index is 0.0545. The third kappa shape index (κ3) is 4.03. The Kier molecular flexibility index (Phi) is 5.22. The fraction of sp³-hybridized carbons (Fsp3) is 0.636. The van der Waals surface area contributed by atoms with Gasteiger partial charge in [0.15, 0.2) is 0 Å². The first-order valence-electron chi connectivity index (χ1n) is 10.1. The first-order valence-corrected chi connectivity index (χ1v) is 10.1. The number of rotatable bonds is 7. The summed E-state index contributed by atoms with van der Waals surface area (Å²) in [5.74, 6) is 3.45. The lowest BCUT2D eigenvalue weighted by atomic mass is 9.49. The Morgan fingerprint density at radius 3 is 2.44 bits per heavy atom. The molecule has 5 heteroatoms. The van der Waals surface area contributed by atoms with Crippen LogP contribution in [0.4, 0.5) is 0 Å². The smallest absolute Gasteiger partial charge is 0.240 e. The monoisotopic (exact) mass is 370 g/mol. The van der Waals surface area contributed by atoms with Gasteiger partial charge in [-0.2, -0.15) is 5.10 Å². The molecule has 0 spiro atoms. The number of nitrogens with one attached hydrogen (secondary N) is 1. The molecule has 0 unspecified atom stereocenters. The van der Waals surface area contributed by atoms with Gasteiger partial charge in [0.2, 0.25) is 5.91 Å². The highest BCUT2D eigenvalue weighted by atomic mass is 16.5. The van der Waals surface area contributed by atoms with Crippen molar-refractivity contribution in [2.24, 2.45) is 28.3 Å². The molecule has 4 aliphatic rings. The highest BCUT2D eigenvalue weighted by molar-refractivity contribution is 5.83. The summed E-state index contributed by atoms with van der Waals surface area (Å²) in [6.07, 6.45) is 10.3. The average Bonchev–Trinajstić information content (AvgIpc) is 2.60. The molecular weight excluding hydrogens is 340 g/mol. The number of carbonyl (C=O) groups excluding carboxylic acids is 1. The van der Waals surface area contributed by atoms with Crippen molar-refractivity contribution in [3.63, 3.8) is 0 Å².